The molecule has 0 amide bonds. The van der Waals surface area contributed by atoms with Gasteiger partial charge in [0.25, 0.3) is 0 Å². The van der Waals surface area contributed by atoms with Crippen LogP contribution in [0.4, 0.5) is 0 Å². The normalized spacial score (nSPS) is 34.5. The summed E-state index contributed by atoms with van der Waals surface area (Å²) < 4.78 is 79.5. The summed E-state index contributed by atoms with van der Waals surface area (Å²) >= 11 is 0. The Kier molecular flexibility index (Phi) is 20.9. The van der Waals surface area contributed by atoms with E-state index in [1.165, 1.54) is 48.7 Å². The highest BCUT2D eigenvalue weighted by atomic mass is 16.7. The van der Waals surface area contributed by atoms with Crippen LogP contribution in [0.25, 0.3) is 6.08 Å². The van der Waals surface area contributed by atoms with Gasteiger partial charge in [0.2, 0.25) is 36.1 Å². The molecule has 5 aliphatic rings. The lowest BCUT2D eigenvalue weighted by Crippen LogP contribution is -2.60. The third-order valence-corrected chi connectivity index (χ3v) is 14.0. The van der Waals surface area contributed by atoms with Crippen LogP contribution < -0.4 is 42.6 Å². The van der Waals surface area contributed by atoms with E-state index in [-0.39, 0.29) is 70.2 Å². The van der Waals surface area contributed by atoms with Gasteiger partial charge in [-0.1, -0.05) is 12.2 Å². The molecule has 3 aromatic carbocycles. The number of ether oxygens (including phenoxy) is 14. The van der Waals surface area contributed by atoms with Gasteiger partial charge in [0.05, 0.1) is 94.5 Å². The summed E-state index contributed by atoms with van der Waals surface area (Å²) in [4.78, 5) is 0. The van der Waals surface area contributed by atoms with Crippen LogP contribution in [-0.2, 0) is 23.7 Å². The molecule has 5 heterocycles. The van der Waals surface area contributed by atoms with Gasteiger partial charge < -0.3 is 133 Å². The molecule has 0 aliphatic carbocycles. The summed E-state index contributed by atoms with van der Waals surface area (Å²) in [5, 5.41) is 129. The van der Waals surface area contributed by atoms with E-state index in [0.717, 1.165) is 0 Å². The van der Waals surface area contributed by atoms with Crippen LogP contribution in [0.3, 0.4) is 0 Å². The second-order valence-electron chi connectivity index (χ2n) is 18.6. The van der Waals surface area contributed by atoms with Crippen LogP contribution in [0.2, 0.25) is 0 Å². The molecule has 0 bridgehead atoms. The van der Waals surface area contributed by atoms with Gasteiger partial charge in [0.15, 0.2) is 34.5 Å². The number of benzene rings is 3. The van der Waals surface area contributed by atoms with E-state index in [0.29, 0.717) is 29.9 Å². The smallest absolute Gasteiger partial charge is 0.229 e. The summed E-state index contributed by atoms with van der Waals surface area (Å²) in [5.74, 6) is 1.32. The van der Waals surface area contributed by atoms with Gasteiger partial charge in [-0.3, -0.25) is 0 Å². The Morgan fingerprint density at radius 3 is 0.949 bits per heavy atom. The van der Waals surface area contributed by atoms with Crippen molar-refractivity contribution in [2.45, 2.75) is 104 Å². The molecule has 19 atom stereocenters. The van der Waals surface area contributed by atoms with E-state index < -0.39 is 124 Å². The maximum Gasteiger partial charge on any atom is 0.229 e. The Balaban J connectivity index is 0.000000285. The minimum Gasteiger partial charge on any atom is -0.493 e. The number of hydrogen-bond donors (Lipinski definition) is 13. The van der Waals surface area contributed by atoms with Crippen molar-refractivity contribution in [2.24, 2.45) is 11.8 Å². The SMILES string of the molecule is COc1cc(/C=C/CO)cc(OC)c1O[C@@H]1O[C@H](CO)[C@@H](O)[C@H](O)[C@H]1O.COc1cc([C@H]2OC[C@H]3[C@H]2CO[C@H]3c2cc(OC)c(O[C@@H]3O[C@H](CO)[C@@H](O)[C@H](O)[C@H]3O)c(OC)c2)cc(OC)c1O[C@H]1O[C@@H](CO)[C@H](O)[C@@H](O)[C@@H]1O. The van der Waals surface area contributed by atoms with Crippen molar-refractivity contribution in [1.29, 1.82) is 0 Å². The monoisotopic (exact) mass is 1110 g/mol. The molecule has 0 spiro atoms. The van der Waals surface area contributed by atoms with Crippen molar-refractivity contribution in [2.75, 3.05) is 82.3 Å². The molecule has 3 aromatic rings. The predicted molar refractivity (Wildman–Crippen MR) is 262 cm³/mol. The van der Waals surface area contributed by atoms with Gasteiger partial charge >= 0.3 is 0 Å². The molecule has 0 unspecified atom stereocenters. The molecule has 436 valence electrons. The average molecular weight is 1120 g/mol. The van der Waals surface area contributed by atoms with E-state index in [9.17, 15) is 61.3 Å². The highest BCUT2D eigenvalue weighted by molar-refractivity contribution is 5.62. The zero-order valence-electron chi connectivity index (χ0n) is 43.4. The molecule has 0 radical (unpaired) electrons. The van der Waals surface area contributed by atoms with Crippen LogP contribution in [0, 0.1) is 11.8 Å². The van der Waals surface area contributed by atoms with Crippen LogP contribution in [-0.4, -0.2) is 241 Å². The van der Waals surface area contributed by atoms with Crippen LogP contribution in [0.15, 0.2) is 42.5 Å². The molecule has 13 N–H and O–H groups in total. The first-order valence-electron chi connectivity index (χ1n) is 24.7. The lowest BCUT2D eigenvalue weighted by molar-refractivity contribution is -0.277. The third-order valence-electron chi connectivity index (χ3n) is 14.0. The molecule has 0 aromatic heterocycles. The quantitative estimate of drug-likeness (QED) is 0.0570. The topological polar surface area (TPSA) is 392 Å². The summed E-state index contributed by atoms with van der Waals surface area (Å²) in [6.45, 7) is -1.30. The number of methoxy groups -OCH3 is 6. The van der Waals surface area contributed by atoms with Gasteiger partial charge in [0, 0.05) is 11.8 Å². The maximum absolute atomic E-state index is 10.5. The fraction of sp³-hybridized carbons (Fsp3) is 0.608. The molecule has 27 heteroatoms. The number of fused-ring (bicyclic) bond motifs is 1. The molecular weight excluding hydrogens is 1040 g/mol. The van der Waals surface area contributed by atoms with E-state index in [1.54, 1.807) is 42.5 Å². The predicted octanol–water partition coefficient (Wildman–Crippen LogP) is -2.96. The summed E-state index contributed by atoms with van der Waals surface area (Å²) in [7, 11) is 8.48. The first-order valence-corrected chi connectivity index (χ1v) is 24.7. The number of rotatable bonds is 19. The largest absolute Gasteiger partial charge is 0.493 e. The number of aliphatic hydroxyl groups excluding tert-OH is 13. The Bertz CT molecular complexity index is 2250. The number of aliphatic hydroxyl groups is 13. The first-order chi connectivity index (χ1) is 37.4. The summed E-state index contributed by atoms with van der Waals surface area (Å²) in [6.07, 6.45) is -19.8. The highest BCUT2D eigenvalue weighted by Crippen LogP contribution is 2.54. The van der Waals surface area contributed by atoms with Crippen molar-refractivity contribution in [3.05, 3.63) is 59.2 Å². The van der Waals surface area contributed by atoms with Crippen molar-refractivity contribution >= 4 is 6.08 Å². The zero-order valence-corrected chi connectivity index (χ0v) is 43.4. The first kappa shape index (κ1) is 60.5. The Morgan fingerprint density at radius 1 is 0.410 bits per heavy atom. The molecule has 5 aliphatic heterocycles. The minimum absolute atomic E-state index is 0.0541. The van der Waals surface area contributed by atoms with Gasteiger partial charge in [-0.25, -0.2) is 0 Å². The van der Waals surface area contributed by atoms with Gasteiger partial charge in [-0.05, 0) is 53.1 Å². The van der Waals surface area contributed by atoms with Crippen LogP contribution >= 0.6 is 0 Å². The van der Waals surface area contributed by atoms with E-state index in [4.69, 9.17) is 71.4 Å². The lowest BCUT2D eigenvalue weighted by atomic mass is 9.84. The average Bonchev–Trinajstić information content (AvgIpc) is 4.09. The third kappa shape index (κ3) is 12.4. The lowest BCUT2D eigenvalue weighted by Gasteiger charge is -2.39. The molecule has 0 saturated carbocycles. The summed E-state index contributed by atoms with van der Waals surface area (Å²) in [6, 6.07) is 10.0. The molecule has 5 fully saturated rings. The molecule has 78 heavy (non-hydrogen) atoms. The highest BCUT2D eigenvalue weighted by Gasteiger charge is 2.51. The molecule has 27 nitrogen and oxygen atoms in total. The van der Waals surface area contributed by atoms with Crippen molar-refractivity contribution < 1.29 is 133 Å². The van der Waals surface area contributed by atoms with Crippen molar-refractivity contribution in [3.63, 3.8) is 0 Å². The van der Waals surface area contributed by atoms with E-state index >= 15 is 0 Å². The van der Waals surface area contributed by atoms with Crippen LogP contribution in [0.5, 0.6) is 51.7 Å². The van der Waals surface area contributed by atoms with Crippen molar-refractivity contribution in [1.82, 2.24) is 0 Å². The minimum atomic E-state index is -1.65. The van der Waals surface area contributed by atoms with Gasteiger partial charge in [-0.2, -0.15) is 0 Å². The number of hydrogen-bond acceptors (Lipinski definition) is 27. The van der Waals surface area contributed by atoms with E-state index in [1.807, 2.05) is 0 Å². The van der Waals surface area contributed by atoms with Gasteiger partial charge in [-0.15, -0.1) is 0 Å². The van der Waals surface area contributed by atoms with Crippen LogP contribution in [0.1, 0.15) is 28.9 Å². The van der Waals surface area contributed by atoms with Crippen molar-refractivity contribution in [3.8, 4) is 51.7 Å². The fourth-order valence-corrected chi connectivity index (χ4v) is 9.74. The molecule has 5 saturated heterocycles. The second kappa shape index (κ2) is 26.9. The summed E-state index contributed by atoms with van der Waals surface area (Å²) in [5.41, 5.74) is 2.05. The molecule has 8 rings (SSSR count). The maximum atomic E-state index is 10.5. The Hall–Kier alpha value is -5.12. The zero-order chi connectivity index (χ0) is 56.7. The van der Waals surface area contributed by atoms with E-state index in [2.05, 4.69) is 0 Å². The Labute approximate surface area is 447 Å². The van der Waals surface area contributed by atoms with Gasteiger partial charge in [0.1, 0.15) is 73.2 Å². The fourth-order valence-electron chi connectivity index (χ4n) is 9.74. The second-order valence-corrected chi connectivity index (χ2v) is 18.6. The molecular formula is C51H70O27. The Morgan fingerprint density at radius 2 is 0.692 bits per heavy atom. The standard InChI is InChI=1S/C34H46O18.C17H24O9/c1-43-17-5-13(6-18(44-2)31(17)51-33-27(41)25(39)23(37)21(9-35)49-33)29-15-11-48-30(16(15)12-47-29)14-7-19(45-3)32(20(8-14)46-4)52-34-28(42)26(40)24(38)22(10-36)50-34;1-23-10-6-9(4-3-5-18)7-11(24-2)16(10)26-17-15(22)14(21)13(20)12(8-19)25-17/h5-8,15-16,21-30,33-42H,9-12H2,1-4H3;3-4,6-7,12-15,17-22H,5,8H2,1-2H3/b;4-3+/t15-,16+,21+,22-,23+,24-,25-,26+,27+,28-,29-,30+,33-,34+;12-,13-,14+,15-,17+/m.1/s1.